The Morgan fingerprint density at radius 2 is 1.83 bits per heavy atom. The number of carbonyl (C=O) groups is 1. The SMILES string of the molecule is CN1CCC(n2ncc3c2-c2ccccc2OC32CCN(C(=O)N(C)C)CC2)CC1. The average Bonchev–Trinajstić information content (AvgIpc) is 3.21. The Hall–Kier alpha value is -2.54. The van der Waals surface area contributed by atoms with Crippen molar-refractivity contribution >= 4 is 6.03 Å². The highest BCUT2D eigenvalue weighted by Gasteiger charge is 2.46. The molecule has 2 aromatic rings. The molecule has 0 saturated carbocycles. The van der Waals surface area contributed by atoms with E-state index in [4.69, 9.17) is 9.84 Å². The molecule has 0 aliphatic carbocycles. The summed E-state index contributed by atoms with van der Waals surface area (Å²) in [4.78, 5) is 18.4. The van der Waals surface area contributed by atoms with Crippen LogP contribution < -0.4 is 4.74 Å². The van der Waals surface area contributed by atoms with Gasteiger partial charge in [-0.05, 0) is 45.1 Å². The molecule has 30 heavy (non-hydrogen) atoms. The van der Waals surface area contributed by atoms with E-state index >= 15 is 0 Å². The van der Waals surface area contributed by atoms with Crippen molar-refractivity contribution < 1.29 is 9.53 Å². The second-order valence-corrected chi connectivity index (χ2v) is 9.14. The van der Waals surface area contributed by atoms with Gasteiger partial charge in [0.2, 0.25) is 0 Å². The summed E-state index contributed by atoms with van der Waals surface area (Å²) in [6.45, 7) is 3.59. The minimum atomic E-state index is -0.406. The highest BCUT2D eigenvalue weighted by atomic mass is 16.5. The number of likely N-dealkylation sites (tertiary alicyclic amines) is 2. The molecule has 4 heterocycles. The number of nitrogens with zero attached hydrogens (tertiary/aromatic N) is 5. The van der Waals surface area contributed by atoms with Gasteiger partial charge < -0.3 is 19.4 Å². The first-order chi connectivity index (χ1) is 14.5. The fraction of sp³-hybridized carbons (Fsp3) is 0.565. The Labute approximate surface area is 178 Å². The maximum absolute atomic E-state index is 12.4. The van der Waals surface area contributed by atoms with Crippen molar-refractivity contribution in [1.29, 1.82) is 0 Å². The molecule has 7 heteroatoms. The number of ether oxygens (including phenoxy) is 1. The van der Waals surface area contributed by atoms with Crippen LogP contribution >= 0.6 is 0 Å². The first-order valence-corrected chi connectivity index (χ1v) is 11.0. The number of para-hydroxylation sites is 1. The van der Waals surface area contributed by atoms with E-state index in [0.29, 0.717) is 19.1 Å². The van der Waals surface area contributed by atoms with E-state index < -0.39 is 5.60 Å². The average molecular weight is 410 g/mol. The quantitative estimate of drug-likeness (QED) is 0.726. The van der Waals surface area contributed by atoms with Crippen molar-refractivity contribution in [1.82, 2.24) is 24.5 Å². The fourth-order valence-corrected chi connectivity index (χ4v) is 5.21. The summed E-state index contributed by atoms with van der Waals surface area (Å²) in [6.07, 6.45) is 5.84. The lowest BCUT2D eigenvalue weighted by atomic mass is 9.81. The van der Waals surface area contributed by atoms with Gasteiger partial charge >= 0.3 is 6.03 Å². The first kappa shape index (κ1) is 19.4. The van der Waals surface area contributed by atoms with E-state index in [2.05, 4.69) is 34.8 Å². The van der Waals surface area contributed by atoms with Crippen molar-refractivity contribution in [3.63, 3.8) is 0 Å². The summed E-state index contributed by atoms with van der Waals surface area (Å²) in [5, 5.41) is 4.91. The van der Waals surface area contributed by atoms with Crippen LogP contribution in [0.2, 0.25) is 0 Å². The molecular weight excluding hydrogens is 378 g/mol. The maximum atomic E-state index is 12.4. The van der Waals surface area contributed by atoms with E-state index in [1.165, 1.54) is 11.3 Å². The van der Waals surface area contributed by atoms with E-state index in [1.807, 2.05) is 31.3 Å². The van der Waals surface area contributed by atoms with E-state index in [1.54, 1.807) is 4.90 Å². The normalized spacial score (nSPS) is 21.1. The number of urea groups is 1. The molecule has 0 radical (unpaired) electrons. The number of hydrogen-bond acceptors (Lipinski definition) is 4. The van der Waals surface area contributed by atoms with Crippen LogP contribution in [-0.2, 0) is 5.60 Å². The monoisotopic (exact) mass is 409 g/mol. The van der Waals surface area contributed by atoms with Crippen molar-refractivity contribution in [2.75, 3.05) is 47.3 Å². The van der Waals surface area contributed by atoms with Crippen LogP contribution in [0.3, 0.4) is 0 Å². The molecule has 0 unspecified atom stereocenters. The molecule has 2 amide bonds. The van der Waals surface area contributed by atoms with Gasteiger partial charge in [0, 0.05) is 51.2 Å². The number of fused-ring (bicyclic) bond motifs is 4. The summed E-state index contributed by atoms with van der Waals surface area (Å²) >= 11 is 0. The molecule has 2 fully saturated rings. The summed E-state index contributed by atoms with van der Waals surface area (Å²) in [5.74, 6) is 0.937. The molecular formula is C23H31N5O2. The van der Waals surface area contributed by atoms with Gasteiger partial charge in [0.05, 0.1) is 17.9 Å². The lowest BCUT2D eigenvalue weighted by Crippen LogP contribution is -2.51. The highest BCUT2D eigenvalue weighted by Crippen LogP contribution is 2.50. The number of hydrogen-bond donors (Lipinski definition) is 0. The Kier molecular flexibility index (Phi) is 4.73. The number of piperidine rings is 2. The van der Waals surface area contributed by atoms with Gasteiger partial charge in [0.25, 0.3) is 0 Å². The maximum Gasteiger partial charge on any atom is 0.319 e. The lowest BCUT2D eigenvalue weighted by molar-refractivity contribution is 0.00231. The number of rotatable bonds is 1. The molecule has 7 nitrogen and oxygen atoms in total. The minimum Gasteiger partial charge on any atom is -0.482 e. The summed E-state index contributed by atoms with van der Waals surface area (Å²) in [5.41, 5.74) is 3.15. The second kappa shape index (κ2) is 7.30. The molecule has 2 saturated heterocycles. The number of carbonyl (C=O) groups excluding carboxylic acids is 1. The Morgan fingerprint density at radius 3 is 2.53 bits per heavy atom. The van der Waals surface area contributed by atoms with Crippen LogP contribution in [0, 0.1) is 0 Å². The number of amides is 2. The molecule has 1 aromatic heterocycles. The minimum absolute atomic E-state index is 0.0725. The molecule has 3 aliphatic rings. The summed E-state index contributed by atoms with van der Waals surface area (Å²) < 4.78 is 8.95. The second-order valence-electron chi connectivity index (χ2n) is 9.14. The number of benzene rings is 1. The molecule has 0 bridgehead atoms. The largest absolute Gasteiger partial charge is 0.482 e. The van der Waals surface area contributed by atoms with Gasteiger partial charge in [0.15, 0.2) is 0 Å². The van der Waals surface area contributed by atoms with Gasteiger partial charge in [-0.1, -0.05) is 12.1 Å². The van der Waals surface area contributed by atoms with Crippen molar-refractivity contribution in [3.8, 4) is 17.0 Å². The summed E-state index contributed by atoms with van der Waals surface area (Å²) in [6, 6.07) is 8.83. The van der Waals surface area contributed by atoms with Crippen LogP contribution in [0.15, 0.2) is 30.5 Å². The molecule has 3 aliphatic heterocycles. The molecule has 0 atom stereocenters. The predicted octanol–water partition coefficient (Wildman–Crippen LogP) is 3.18. The topological polar surface area (TPSA) is 53.8 Å². The zero-order valence-electron chi connectivity index (χ0n) is 18.2. The van der Waals surface area contributed by atoms with E-state index in [0.717, 1.165) is 50.1 Å². The van der Waals surface area contributed by atoms with Crippen molar-refractivity contribution in [3.05, 3.63) is 36.0 Å². The summed E-state index contributed by atoms with van der Waals surface area (Å²) in [7, 11) is 5.81. The van der Waals surface area contributed by atoms with Gasteiger partial charge in [-0.15, -0.1) is 0 Å². The molecule has 160 valence electrons. The lowest BCUT2D eigenvalue weighted by Gasteiger charge is -2.45. The third-order valence-electron chi connectivity index (χ3n) is 6.99. The standard InChI is InChI=1S/C23H31N5O2/c1-25(2)22(29)27-14-10-23(11-15-27)19-16-24-28(17-8-12-26(3)13-9-17)21(19)18-6-4-5-7-20(18)30-23/h4-7,16-17H,8-15H2,1-3H3. The van der Waals surface area contributed by atoms with E-state index in [9.17, 15) is 4.79 Å². The van der Waals surface area contributed by atoms with Gasteiger partial charge in [0.1, 0.15) is 11.4 Å². The predicted molar refractivity (Wildman–Crippen MR) is 116 cm³/mol. The fourth-order valence-electron chi connectivity index (χ4n) is 5.21. The van der Waals surface area contributed by atoms with Gasteiger partial charge in [-0.3, -0.25) is 4.68 Å². The molecule has 1 aromatic carbocycles. The number of aromatic nitrogens is 2. The van der Waals surface area contributed by atoms with Crippen LogP contribution in [0.4, 0.5) is 4.79 Å². The zero-order valence-corrected chi connectivity index (χ0v) is 18.2. The van der Waals surface area contributed by atoms with Crippen LogP contribution in [0.25, 0.3) is 11.3 Å². The molecule has 1 spiro atoms. The van der Waals surface area contributed by atoms with Crippen molar-refractivity contribution in [2.24, 2.45) is 0 Å². The molecule has 5 rings (SSSR count). The Balaban J connectivity index is 1.51. The van der Waals surface area contributed by atoms with Crippen LogP contribution in [0.5, 0.6) is 5.75 Å². The highest BCUT2D eigenvalue weighted by molar-refractivity contribution is 5.75. The molecule has 0 N–H and O–H groups in total. The van der Waals surface area contributed by atoms with Crippen molar-refractivity contribution in [2.45, 2.75) is 37.3 Å². The van der Waals surface area contributed by atoms with Gasteiger partial charge in [-0.2, -0.15) is 5.10 Å². The Morgan fingerprint density at radius 1 is 1.13 bits per heavy atom. The van der Waals surface area contributed by atoms with Crippen LogP contribution in [0.1, 0.15) is 37.3 Å². The smallest absolute Gasteiger partial charge is 0.319 e. The zero-order chi connectivity index (χ0) is 20.9. The van der Waals surface area contributed by atoms with Gasteiger partial charge in [-0.25, -0.2) is 4.79 Å². The van der Waals surface area contributed by atoms with Crippen LogP contribution in [-0.4, -0.2) is 77.8 Å². The van der Waals surface area contributed by atoms with E-state index in [-0.39, 0.29) is 6.03 Å². The third-order valence-corrected chi connectivity index (χ3v) is 6.99. The Bertz CT molecular complexity index is 937. The first-order valence-electron chi connectivity index (χ1n) is 11.0. The third kappa shape index (κ3) is 3.07.